The highest BCUT2D eigenvalue weighted by atomic mass is 32.2. The molecule has 3 nitrogen and oxygen atoms in total. The molecule has 0 saturated carbocycles. The van der Waals surface area contributed by atoms with Crippen molar-refractivity contribution in [2.45, 2.75) is 0 Å². The average Bonchev–Trinajstić information content (AvgIpc) is 2.74. The fourth-order valence-electron chi connectivity index (χ4n) is 1.27. The lowest BCUT2D eigenvalue weighted by Gasteiger charge is -2.07. The van der Waals surface area contributed by atoms with Crippen molar-refractivity contribution in [3.05, 3.63) is 41.3 Å². The van der Waals surface area contributed by atoms with Crippen LogP contribution in [-0.2, 0) is 4.74 Å². The van der Waals surface area contributed by atoms with Gasteiger partial charge >= 0.3 is 0 Å². The number of rotatable bonds is 2. The molecule has 0 fully saturated rings. The van der Waals surface area contributed by atoms with E-state index in [1.165, 1.54) is 0 Å². The standard InChI is InChI=1S/C10H10N2OS/c1-13-10(8-2-5-14-7-8)9-6-11-3-4-12-9/h2-6H,7H2,1H3/b10-8+. The van der Waals surface area contributed by atoms with Crippen molar-refractivity contribution in [1.29, 1.82) is 0 Å². The molecule has 0 aliphatic carbocycles. The van der Waals surface area contributed by atoms with Crippen LogP contribution in [0.3, 0.4) is 0 Å². The Labute approximate surface area is 86.9 Å². The summed E-state index contributed by atoms with van der Waals surface area (Å²) in [5.41, 5.74) is 1.95. The lowest BCUT2D eigenvalue weighted by Crippen LogP contribution is -1.96. The molecule has 72 valence electrons. The molecule has 0 amide bonds. The van der Waals surface area contributed by atoms with Crippen molar-refractivity contribution >= 4 is 17.5 Å². The van der Waals surface area contributed by atoms with Gasteiger partial charge in [-0.25, -0.2) is 4.98 Å². The van der Waals surface area contributed by atoms with E-state index >= 15 is 0 Å². The van der Waals surface area contributed by atoms with Gasteiger partial charge in [0.15, 0.2) is 0 Å². The van der Waals surface area contributed by atoms with Crippen LogP contribution in [0, 0.1) is 0 Å². The number of hydrogen-bond acceptors (Lipinski definition) is 4. The molecule has 1 aliphatic rings. The Bertz CT molecular complexity index is 373. The van der Waals surface area contributed by atoms with Gasteiger partial charge in [-0.2, -0.15) is 0 Å². The first-order chi connectivity index (χ1) is 6.92. The molecule has 1 aliphatic heterocycles. The number of nitrogens with zero attached hydrogens (tertiary/aromatic N) is 2. The maximum Gasteiger partial charge on any atom is 0.150 e. The second-order valence-corrected chi connectivity index (χ2v) is 3.66. The van der Waals surface area contributed by atoms with Crippen LogP contribution in [0.15, 0.2) is 35.6 Å². The monoisotopic (exact) mass is 206 g/mol. The molecule has 2 heterocycles. The molecule has 2 rings (SSSR count). The normalized spacial score (nSPS) is 18.4. The third-order valence-electron chi connectivity index (χ3n) is 1.90. The van der Waals surface area contributed by atoms with E-state index in [1.54, 1.807) is 37.5 Å². The van der Waals surface area contributed by atoms with Gasteiger partial charge in [-0.05, 0) is 11.5 Å². The van der Waals surface area contributed by atoms with Gasteiger partial charge in [0.05, 0.1) is 13.3 Å². The molecule has 4 heteroatoms. The summed E-state index contributed by atoms with van der Waals surface area (Å²) < 4.78 is 5.33. The van der Waals surface area contributed by atoms with Crippen LogP contribution >= 0.6 is 11.8 Å². The molecule has 0 unspecified atom stereocenters. The molecule has 1 aromatic heterocycles. The van der Waals surface area contributed by atoms with Crippen molar-refractivity contribution in [1.82, 2.24) is 9.97 Å². The fraction of sp³-hybridized carbons (Fsp3) is 0.200. The van der Waals surface area contributed by atoms with E-state index in [0.29, 0.717) is 0 Å². The molecule has 0 N–H and O–H groups in total. The highest BCUT2D eigenvalue weighted by molar-refractivity contribution is 8.02. The first kappa shape index (κ1) is 9.27. The minimum atomic E-state index is 0.789. The zero-order valence-corrected chi connectivity index (χ0v) is 8.62. The summed E-state index contributed by atoms with van der Waals surface area (Å²) in [6.45, 7) is 0. The summed E-state index contributed by atoms with van der Waals surface area (Å²) in [6, 6.07) is 0. The van der Waals surface area contributed by atoms with Crippen LogP contribution in [-0.4, -0.2) is 22.8 Å². The van der Waals surface area contributed by atoms with E-state index in [1.807, 2.05) is 0 Å². The van der Waals surface area contributed by atoms with E-state index in [4.69, 9.17) is 4.74 Å². The largest absolute Gasteiger partial charge is 0.494 e. The molecular weight excluding hydrogens is 196 g/mol. The van der Waals surface area contributed by atoms with Gasteiger partial charge in [-0.1, -0.05) is 0 Å². The predicted molar refractivity (Wildman–Crippen MR) is 57.6 cm³/mol. The second-order valence-electron chi connectivity index (χ2n) is 2.76. The summed E-state index contributed by atoms with van der Waals surface area (Å²) in [5, 5.41) is 2.06. The highest BCUT2D eigenvalue weighted by Crippen LogP contribution is 2.27. The smallest absolute Gasteiger partial charge is 0.150 e. The molecule has 0 bridgehead atoms. The van der Waals surface area contributed by atoms with Crippen molar-refractivity contribution < 1.29 is 4.74 Å². The Morgan fingerprint density at radius 2 is 2.43 bits per heavy atom. The van der Waals surface area contributed by atoms with E-state index in [2.05, 4.69) is 21.5 Å². The Kier molecular flexibility index (Phi) is 2.84. The van der Waals surface area contributed by atoms with Crippen LogP contribution in [0.4, 0.5) is 0 Å². The molecular formula is C10H10N2OS. The topological polar surface area (TPSA) is 35.0 Å². The molecule has 1 aromatic rings. The quantitative estimate of drug-likeness (QED) is 0.694. The maximum absolute atomic E-state index is 5.33. The molecule has 0 atom stereocenters. The lowest BCUT2D eigenvalue weighted by atomic mass is 10.2. The summed E-state index contributed by atoms with van der Waals surface area (Å²) in [7, 11) is 1.66. The molecule has 0 saturated heterocycles. The van der Waals surface area contributed by atoms with E-state index in [0.717, 1.165) is 22.8 Å². The second kappa shape index (κ2) is 4.28. The van der Waals surface area contributed by atoms with Crippen molar-refractivity contribution in [2.75, 3.05) is 12.9 Å². The first-order valence-corrected chi connectivity index (χ1v) is 5.28. The number of thioether (sulfide) groups is 1. The molecule has 0 spiro atoms. The van der Waals surface area contributed by atoms with Crippen LogP contribution < -0.4 is 0 Å². The Morgan fingerprint density at radius 3 is 3.00 bits per heavy atom. The van der Waals surface area contributed by atoms with E-state index in [9.17, 15) is 0 Å². The first-order valence-electron chi connectivity index (χ1n) is 4.23. The van der Waals surface area contributed by atoms with Crippen LogP contribution in [0.25, 0.3) is 5.76 Å². The summed E-state index contributed by atoms with van der Waals surface area (Å²) >= 11 is 1.75. The number of allylic oxidation sites excluding steroid dienone is 1. The van der Waals surface area contributed by atoms with Crippen molar-refractivity contribution in [2.24, 2.45) is 0 Å². The Morgan fingerprint density at radius 1 is 1.50 bits per heavy atom. The summed E-state index contributed by atoms with van der Waals surface area (Å²) in [5.74, 6) is 1.76. The van der Waals surface area contributed by atoms with Gasteiger partial charge < -0.3 is 4.74 Å². The van der Waals surface area contributed by atoms with E-state index < -0.39 is 0 Å². The minimum absolute atomic E-state index is 0.789. The predicted octanol–water partition coefficient (Wildman–Crippen LogP) is 2.09. The number of ether oxygens (including phenoxy) is 1. The summed E-state index contributed by atoms with van der Waals surface area (Å²) in [4.78, 5) is 8.22. The van der Waals surface area contributed by atoms with Gasteiger partial charge in [0.1, 0.15) is 11.5 Å². The van der Waals surface area contributed by atoms with Crippen molar-refractivity contribution in [3.63, 3.8) is 0 Å². The number of aromatic nitrogens is 2. The molecule has 0 aromatic carbocycles. The molecule has 0 radical (unpaired) electrons. The summed E-state index contributed by atoms with van der Waals surface area (Å²) in [6.07, 6.45) is 7.09. The Hall–Kier alpha value is -1.29. The third-order valence-corrected chi connectivity index (χ3v) is 2.70. The van der Waals surface area contributed by atoms with Gasteiger partial charge in [0.25, 0.3) is 0 Å². The minimum Gasteiger partial charge on any atom is -0.494 e. The van der Waals surface area contributed by atoms with Gasteiger partial charge in [-0.15, -0.1) is 11.8 Å². The Balaban J connectivity index is 2.39. The van der Waals surface area contributed by atoms with Crippen LogP contribution in [0.2, 0.25) is 0 Å². The number of hydrogen-bond donors (Lipinski definition) is 0. The van der Waals surface area contributed by atoms with Crippen LogP contribution in [0.5, 0.6) is 0 Å². The molecule has 14 heavy (non-hydrogen) atoms. The van der Waals surface area contributed by atoms with Gasteiger partial charge in [-0.3, -0.25) is 4.98 Å². The SMILES string of the molecule is CO/C(=C1\C=CSC1)c1cnccn1. The van der Waals surface area contributed by atoms with E-state index in [-0.39, 0.29) is 0 Å². The maximum atomic E-state index is 5.33. The van der Waals surface area contributed by atoms with Gasteiger partial charge in [0, 0.05) is 23.7 Å². The fourth-order valence-corrected chi connectivity index (χ4v) is 2.04. The number of methoxy groups -OCH3 is 1. The zero-order chi connectivity index (χ0) is 9.80. The lowest BCUT2D eigenvalue weighted by molar-refractivity contribution is 0.366. The zero-order valence-electron chi connectivity index (χ0n) is 7.80. The van der Waals surface area contributed by atoms with Crippen molar-refractivity contribution in [3.8, 4) is 0 Å². The van der Waals surface area contributed by atoms with Gasteiger partial charge in [0.2, 0.25) is 0 Å². The van der Waals surface area contributed by atoms with Crippen LogP contribution in [0.1, 0.15) is 5.69 Å². The third kappa shape index (κ3) is 1.80. The highest BCUT2D eigenvalue weighted by Gasteiger charge is 2.11. The average molecular weight is 206 g/mol.